The third kappa shape index (κ3) is 2.52. The van der Waals surface area contributed by atoms with Crippen LogP contribution in [0.5, 0.6) is 5.75 Å². The number of alkyl halides is 1. The number of aromatic nitrogens is 1. The number of rotatable bonds is 4. The summed E-state index contributed by atoms with van der Waals surface area (Å²) in [7, 11) is 1.65. The SMILES string of the molecule is COc1ccc(-c2nc(C(=O)CCl)cs2)c2ccccc12. The first-order valence-electron chi connectivity index (χ1n) is 6.35. The van der Waals surface area contributed by atoms with E-state index in [1.54, 1.807) is 12.5 Å². The minimum atomic E-state index is -0.156. The molecule has 0 saturated carbocycles. The lowest BCUT2D eigenvalue weighted by molar-refractivity contribution is 0.101. The number of halogens is 1. The van der Waals surface area contributed by atoms with Crippen LogP contribution in [-0.2, 0) is 0 Å². The smallest absolute Gasteiger partial charge is 0.196 e. The molecule has 3 aromatic rings. The number of methoxy groups -OCH3 is 1. The Kier molecular flexibility index (Phi) is 3.90. The van der Waals surface area contributed by atoms with E-state index < -0.39 is 0 Å². The molecule has 0 spiro atoms. The van der Waals surface area contributed by atoms with Gasteiger partial charge in [0.1, 0.15) is 16.5 Å². The van der Waals surface area contributed by atoms with E-state index in [4.69, 9.17) is 16.3 Å². The molecule has 0 aliphatic carbocycles. The van der Waals surface area contributed by atoms with Crippen LogP contribution in [0, 0.1) is 0 Å². The zero-order valence-corrected chi connectivity index (χ0v) is 12.9. The van der Waals surface area contributed by atoms with Crippen LogP contribution in [0.4, 0.5) is 0 Å². The number of ketones is 1. The molecular formula is C16H12ClNO2S. The first kappa shape index (κ1) is 14.0. The van der Waals surface area contributed by atoms with Crippen molar-refractivity contribution in [2.75, 3.05) is 13.0 Å². The average Bonchev–Trinajstić information content (AvgIpc) is 3.02. The molecule has 0 bridgehead atoms. The molecule has 0 fully saturated rings. The standard InChI is InChI=1S/C16H12ClNO2S/c1-20-15-7-6-12(10-4-2-3-5-11(10)15)16-18-13(9-21-16)14(19)8-17/h2-7,9H,8H2,1H3. The van der Waals surface area contributed by atoms with Crippen molar-refractivity contribution >= 4 is 39.5 Å². The molecule has 0 radical (unpaired) electrons. The fraction of sp³-hybridized carbons (Fsp3) is 0.125. The lowest BCUT2D eigenvalue weighted by Gasteiger charge is -2.08. The molecule has 0 aliphatic rings. The highest BCUT2D eigenvalue weighted by Crippen LogP contribution is 2.35. The first-order valence-corrected chi connectivity index (χ1v) is 7.77. The van der Waals surface area contributed by atoms with Crippen LogP contribution in [0.1, 0.15) is 10.5 Å². The Hall–Kier alpha value is -1.91. The van der Waals surface area contributed by atoms with E-state index in [0.717, 1.165) is 27.1 Å². The second-order valence-electron chi connectivity index (χ2n) is 4.46. The van der Waals surface area contributed by atoms with Crippen LogP contribution < -0.4 is 4.74 Å². The highest BCUT2D eigenvalue weighted by Gasteiger charge is 2.14. The van der Waals surface area contributed by atoms with Crippen LogP contribution >= 0.6 is 22.9 Å². The van der Waals surface area contributed by atoms with Gasteiger partial charge in [0.15, 0.2) is 5.78 Å². The number of nitrogens with zero attached hydrogens (tertiary/aromatic N) is 1. The summed E-state index contributed by atoms with van der Waals surface area (Å²) in [5, 5.41) is 4.63. The molecule has 1 heterocycles. The zero-order chi connectivity index (χ0) is 14.8. The van der Waals surface area contributed by atoms with E-state index in [1.165, 1.54) is 11.3 Å². The normalized spacial score (nSPS) is 10.8. The molecule has 3 rings (SSSR count). The van der Waals surface area contributed by atoms with Gasteiger partial charge in [-0.1, -0.05) is 24.3 Å². The third-order valence-electron chi connectivity index (χ3n) is 3.25. The van der Waals surface area contributed by atoms with Crippen molar-refractivity contribution in [1.82, 2.24) is 4.98 Å². The topological polar surface area (TPSA) is 39.2 Å². The van der Waals surface area contributed by atoms with Gasteiger partial charge in [-0.05, 0) is 17.5 Å². The Morgan fingerprint density at radius 2 is 2.00 bits per heavy atom. The molecule has 0 atom stereocenters. The maximum atomic E-state index is 11.6. The summed E-state index contributed by atoms with van der Waals surface area (Å²) in [6.45, 7) is 0. The fourth-order valence-corrected chi connectivity index (χ4v) is 3.23. The summed E-state index contributed by atoms with van der Waals surface area (Å²) >= 11 is 7.02. The van der Waals surface area contributed by atoms with Crippen LogP contribution in [0.25, 0.3) is 21.3 Å². The van der Waals surface area contributed by atoms with Gasteiger partial charge in [-0.25, -0.2) is 4.98 Å². The molecule has 2 aromatic carbocycles. The molecule has 21 heavy (non-hydrogen) atoms. The predicted octanol–water partition coefficient (Wildman–Crippen LogP) is 4.39. The van der Waals surface area contributed by atoms with E-state index in [9.17, 15) is 4.79 Å². The summed E-state index contributed by atoms with van der Waals surface area (Å²) in [4.78, 5) is 16.0. The van der Waals surface area contributed by atoms with Gasteiger partial charge in [-0.2, -0.15) is 0 Å². The molecule has 106 valence electrons. The van der Waals surface area contributed by atoms with Gasteiger partial charge >= 0.3 is 0 Å². The third-order valence-corrected chi connectivity index (χ3v) is 4.36. The van der Waals surface area contributed by atoms with Gasteiger partial charge < -0.3 is 4.74 Å². The molecule has 0 unspecified atom stereocenters. The van der Waals surface area contributed by atoms with E-state index in [2.05, 4.69) is 4.98 Å². The average molecular weight is 318 g/mol. The van der Waals surface area contributed by atoms with Crippen molar-refractivity contribution in [3.63, 3.8) is 0 Å². The number of hydrogen-bond acceptors (Lipinski definition) is 4. The molecule has 0 N–H and O–H groups in total. The number of benzene rings is 2. The van der Waals surface area contributed by atoms with Crippen molar-refractivity contribution in [3.8, 4) is 16.3 Å². The highest BCUT2D eigenvalue weighted by molar-refractivity contribution is 7.13. The van der Waals surface area contributed by atoms with Crippen LogP contribution in [-0.4, -0.2) is 23.8 Å². The van der Waals surface area contributed by atoms with Crippen LogP contribution in [0.15, 0.2) is 41.8 Å². The number of carbonyl (C=O) groups is 1. The zero-order valence-electron chi connectivity index (χ0n) is 11.3. The number of thiazole rings is 1. The summed E-state index contributed by atoms with van der Waals surface area (Å²) in [6, 6.07) is 11.9. The summed E-state index contributed by atoms with van der Waals surface area (Å²) in [6.07, 6.45) is 0. The number of hydrogen-bond donors (Lipinski definition) is 0. The molecule has 3 nitrogen and oxygen atoms in total. The van der Waals surface area contributed by atoms with Crippen LogP contribution in [0.2, 0.25) is 0 Å². The van der Waals surface area contributed by atoms with Crippen molar-refractivity contribution in [3.05, 3.63) is 47.5 Å². The lowest BCUT2D eigenvalue weighted by Crippen LogP contribution is -2.00. The second kappa shape index (κ2) is 5.84. The summed E-state index contributed by atoms with van der Waals surface area (Å²) in [5.41, 5.74) is 1.41. The van der Waals surface area contributed by atoms with E-state index >= 15 is 0 Å². The molecule has 0 aliphatic heterocycles. The summed E-state index contributed by atoms with van der Waals surface area (Å²) in [5.74, 6) is 0.618. The van der Waals surface area contributed by atoms with E-state index in [0.29, 0.717) is 5.69 Å². The van der Waals surface area contributed by atoms with Crippen molar-refractivity contribution in [2.45, 2.75) is 0 Å². The Labute approximate surface area is 131 Å². The van der Waals surface area contributed by atoms with Crippen LogP contribution in [0.3, 0.4) is 0 Å². The predicted molar refractivity (Wildman–Crippen MR) is 86.7 cm³/mol. The van der Waals surface area contributed by atoms with Crippen molar-refractivity contribution in [2.24, 2.45) is 0 Å². The monoisotopic (exact) mass is 317 g/mol. The molecular weight excluding hydrogens is 306 g/mol. The minimum absolute atomic E-state index is 0.0491. The van der Waals surface area contributed by atoms with E-state index in [1.807, 2.05) is 36.4 Å². The summed E-state index contributed by atoms with van der Waals surface area (Å²) < 4.78 is 5.39. The number of carbonyl (C=O) groups excluding carboxylic acids is 1. The van der Waals surface area contributed by atoms with Gasteiger partial charge in [0, 0.05) is 16.3 Å². The molecule has 5 heteroatoms. The first-order chi connectivity index (χ1) is 10.2. The van der Waals surface area contributed by atoms with Gasteiger partial charge in [0.05, 0.1) is 13.0 Å². The second-order valence-corrected chi connectivity index (χ2v) is 5.58. The van der Waals surface area contributed by atoms with E-state index in [-0.39, 0.29) is 11.7 Å². The Morgan fingerprint density at radius 1 is 1.24 bits per heavy atom. The lowest BCUT2D eigenvalue weighted by atomic mass is 10.0. The Morgan fingerprint density at radius 3 is 2.71 bits per heavy atom. The van der Waals surface area contributed by atoms with Crippen molar-refractivity contribution < 1.29 is 9.53 Å². The Balaban J connectivity index is 2.17. The molecule has 0 amide bonds. The highest BCUT2D eigenvalue weighted by atomic mass is 35.5. The maximum Gasteiger partial charge on any atom is 0.196 e. The Bertz CT molecular complexity index is 813. The van der Waals surface area contributed by atoms with Gasteiger partial charge in [0.25, 0.3) is 0 Å². The number of fused-ring (bicyclic) bond motifs is 1. The molecule has 1 aromatic heterocycles. The fourth-order valence-electron chi connectivity index (χ4n) is 2.23. The number of Topliss-reactive ketones (excluding diaryl/α,β-unsaturated/α-hetero) is 1. The van der Waals surface area contributed by atoms with Gasteiger partial charge in [0.2, 0.25) is 0 Å². The largest absolute Gasteiger partial charge is 0.496 e. The number of ether oxygens (including phenoxy) is 1. The quantitative estimate of drug-likeness (QED) is 0.529. The minimum Gasteiger partial charge on any atom is -0.496 e. The van der Waals surface area contributed by atoms with Crippen molar-refractivity contribution in [1.29, 1.82) is 0 Å². The molecule has 0 saturated heterocycles. The van der Waals surface area contributed by atoms with Gasteiger partial charge in [-0.3, -0.25) is 4.79 Å². The van der Waals surface area contributed by atoms with Gasteiger partial charge in [-0.15, -0.1) is 22.9 Å². The maximum absolute atomic E-state index is 11.6.